The monoisotopic (exact) mass is 206 g/mol. The molecule has 0 spiro atoms. The van der Waals surface area contributed by atoms with Crippen LogP contribution in [0.15, 0.2) is 16.6 Å². The summed E-state index contributed by atoms with van der Waals surface area (Å²) < 4.78 is 0. The molecule has 1 heterocycles. The Morgan fingerprint density at radius 3 is 2.92 bits per heavy atom. The Kier molecular flexibility index (Phi) is 2.61. The molecule has 64 valence electrons. The number of halogens is 1. The summed E-state index contributed by atoms with van der Waals surface area (Å²) in [5.41, 5.74) is 0.343. The second kappa shape index (κ2) is 3.51. The summed E-state index contributed by atoms with van der Waals surface area (Å²) in [5.74, 6) is 0. The molecule has 0 aliphatic carbocycles. The molecule has 0 unspecified atom stereocenters. The Labute approximate surface area is 76.0 Å². The van der Waals surface area contributed by atoms with Gasteiger partial charge >= 0.3 is 5.00 Å². The summed E-state index contributed by atoms with van der Waals surface area (Å²) in [4.78, 5) is 9.66. The second-order valence-electron chi connectivity index (χ2n) is 1.82. The molecule has 1 aromatic rings. The fraction of sp³-hybridized carbons (Fsp3) is 0. The van der Waals surface area contributed by atoms with Gasteiger partial charge in [-0.25, -0.2) is 0 Å². The van der Waals surface area contributed by atoms with Crippen molar-refractivity contribution >= 4 is 33.1 Å². The molecule has 0 fully saturated rings. The first-order valence-corrected chi connectivity index (χ1v) is 4.01. The van der Waals surface area contributed by atoms with E-state index in [0.29, 0.717) is 5.56 Å². The maximum absolute atomic E-state index is 10.2. The normalized spacial score (nSPS) is 11.6. The highest BCUT2D eigenvalue weighted by Gasteiger charge is 2.12. The average molecular weight is 207 g/mol. The van der Waals surface area contributed by atoms with Crippen molar-refractivity contribution in [2.75, 3.05) is 0 Å². The first-order chi connectivity index (χ1) is 5.65. The molecule has 12 heavy (non-hydrogen) atoms. The summed E-state index contributed by atoms with van der Waals surface area (Å²) in [6, 6.07) is 1.24. The minimum atomic E-state index is -0.532. The van der Waals surface area contributed by atoms with Gasteiger partial charge in [0.15, 0.2) is 5.17 Å². The highest BCUT2D eigenvalue weighted by Crippen LogP contribution is 2.23. The second-order valence-corrected chi connectivity index (χ2v) is 3.07. The van der Waals surface area contributed by atoms with Crippen LogP contribution in [0.25, 0.3) is 0 Å². The Hall–Kier alpha value is -1.14. The zero-order chi connectivity index (χ0) is 9.14. The minimum Gasteiger partial charge on any atom is -0.410 e. The van der Waals surface area contributed by atoms with Crippen molar-refractivity contribution in [2.24, 2.45) is 5.16 Å². The molecular formula is C5H3ClN2O3S. The van der Waals surface area contributed by atoms with Crippen LogP contribution in [-0.4, -0.2) is 15.3 Å². The van der Waals surface area contributed by atoms with Crippen molar-refractivity contribution in [3.63, 3.8) is 0 Å². The summed E-state index contributed by atoms with van der Waals surface area (Å²) in [5, 5.41) is 22.4. The van der Waals surface area contributed by atoms with Gasteiger partial charge in [0.1, 0.15) is 0 Å². The molecule has 0 saturated carbocycles. The Morgan fingerprint density at radius 1 is 1.83 bits per heavy atom. The number of nitrogens with zero attached hydrogens (tertiary/aromatic N) is 2. The maximum Gasteiger partial charge on any atom is 0.324 e. The molecule has 0 aliphatic heterocycles. The largest absolute Gasteiger partial charge is 0.410 e. The van der Waals surface area contributed by atoms with E-state index in [0.717, 1.165) is 11.3 Å². The van der Waals surface area contributed by atoms with Crippen LogP contribution in [0.4, 0.5) is 5.00 Å². The van der Waals surface area contributed by atoms with Crippen LogP contribution in [0.2, 0.25) is 0 Å². The van der Waals surface area contributed by atoms with Gasteiger partial charge in [-0.1, -0.05) is 28.1 Å². The van der Waals surface area contributed by atoms with Crippen LogP contribution in [0.1, 0.15) is 5.56 Å². The Morgan fingerprint density at radius 2 is 2.50 bits per heavy atom. The van der Waals surface area contributed by atoms with Gasteiger partial charge in [0.25, 0.3) is 0 Å². The lowest BCUT2D eigenvalue weighted by atomic mass is 10.4. The van der Waals surface area contributed by atoms with E-state index >= 15 is 0 Å². The SMILES string of the molecule is O=[N+]([O-])c1cc(C(Cl)=NO)cs1. The molecule has 1 rings (SSSR count). The zero-order valence-electron chi connectivity index (χ0n) is 5.60. The quantitative estimate of drug-likeness (QED) is 0.348. The number of hydrogen-bond donors (Lipinski definition) is 1. The average Bonchev–Trinajstić information content (AvgIpc) is 2.51. The maximum atomic E-state index is 10.2. The van der Waals surface area contributed by atoms with Gasteiger partial charge in [-0.05, 0) is 0 Å². The van der Waals surface area contributed by atoms with Gasteiger partial charge in [0.2, 0.25) is 0 Å². The van der Waals surface area contributed by atoms with E-state index in [4.69, 9.17) is 16.8 Å². The number of rotatable bonds is 2. The topological polar surface area (TPSA) is 75.7 Å². The summed E-state index contributed by atoms with van der Waals surface area (Å²) in [6.45, 7) is 0. The third kappa shape index (κ3) is 1.72. The van der Waals surface area contributed by atoms with Crippen LogP contribution >= 0.6 is 22.9 Å². The molecule has 0 radical (unpaired) electrons. The molecule has 1 aromatic heterocycles. The van der Waals surface area contributed by atoms with Crippen molar-refractivity contribution in [3.8, 4) is 0 Å². The highest BCUT2D eigenvalue weighted by atomic mass is 35.5. The molecule has 7 heteroatoms. The van der Waals surface area contributed by atoms with Gasteiger partial charge in [-0.15, -0.1) is 0 Å². The first-order valence-electron chi connectivity index (χ1n) is 2.76. The van der Waals surface area contributed by atoms with Gasteiger partial charge in [-0.2, -0.15) is 0 Å². The van der Waals surface area contributed by atoms with Crippen molar-refractivity contribution in [3.05, 3.63) is 27.1 Å². The molecule has 0 amide bonds. The van der Waals surface area contributed by atoms with Gasteiger partial charge in [0, 0.05) is 17.0 Å². The predicted octanol–water partition coefficient (Wildman–Crippen LogP) is 2.03. The number of thiophene rings is 1. The fourth-order valence-corrected chi connectivity index (χ4v) is 1.47. The van der Waals surface area contributed by atoms with Crippen molar-refractivity contribution in [2.45, 2.75) is 0 Å². The smallest absolute Gasteiger partial charge is 0.324 e. The minimum absolute atomic E-state index is 0.0354. The lowest BCUT2D eigenvalue weighted by molar-refractivity contribution is -0.380. The molecule has 0 atom stereocenters. The van der Waals surface area contributed by atoms with Crippen LogP contribution in [-0.2, 0) is 0 Å². The lowest BCUT2D eigenvalue weighted by Crippen LogP contribution is -1.87. The third-order valence-electron chi connectivity index (χ3n) is 1.09. The number of oxime groups is 1. The Balaban J connectivity index is 2.99. The molecular weight excluding hydrogens is 204 g/mol. The van der Waals surface area contributed by atoms with Crippen LogP contribution in [0.5, 0.6) is 0 Å². The van der Waals surface area contributed by atoms with E-state index in [1.807, 2.05) is 0 Å². The van der Waals surface area contributed by atoms with Crippen LogP contribution in [0, 0.1) is 10.1 Å². The molecule has 0 saturated heterocycles. The van der Waals surface area contributed by atoms with E-state index in [1.165, 1.54) is 11.4 Å². The molecule has 0 aliphatic rings. The summed E-state index contributed by atoms with van der Waals surface area (Å²) in [6.07, 6.45) is 0. The van der Waals surface area contributed by atoms with E-state index in [1.54, 1.807) is 0 Å². The highest BCUT2D eigenvalue weighted by molar-refractivity contribution is 7.13. The van der Waals surface area contributed by atoms with Crippen molar-refractivity contribution in [1.29, 1.82) is 0 Å². The summed E-state index contributed by atoms with van der Waals surface area (Å²) in [7, 11) is 0. The predicted molar refractivity (Wildman–Crippen MR) is 45.1 cm³/mol. The molecule has 1 N–H and O–H groups in total. The number of nitro groups is 1. The molecule has 0 aromatic carbocycles. The fourth-order valence-electron chi connectivity index (χ4n) is 0.587. The van der Waals surface area contributed by atoms with Crippen LogP contribution in [0.3, 0.4) is 0 Å². The molecule has 0 bridgehead atoms. The standard InChI is InChI=1S/C5H3ClN2O3S/c6-5(7-9)3-1-4(8(10)11)12-2-3/h1-2,9H. The van der Waals surface area contributed by atoms with E-state index in [2.05, 4.69) is 5.16 Å². The van der Waals surface area contributed by atoms with Gasteiger partial charge in [0.05, 0.1) is 4.92 Å². The van der Waals surface area contributed by atoms with Gasteiger partial charge in [-0.3, -0.25) is 10.1 Å². The Bertz CT molecular complexity index is 335. The summed E-state index contributed by atoms with van der Waals surface area (Å²) >= 11 is 6.32. The van der Waals surface area contributed by atoms with E-state index < -0.39 is 4.92 Å². The van der Waals surface area contributed by atoms with E-state index in [9.17, 15) is 10.1 Å². The third-order valence-corrected chi connectivity index (χ3v) is 2.27. The first kappa shape index (κ1) is 8.95. The van der Waals surface area contributed by atoms with Crippen molar-refractivity contribution in [1.82, 2.24) is 0 Å². The zero-order valence-corrected chi connectivity index (χ0v) is 7.17. The lowest BCUT2D eigenvalue weighted by Gasteiger charge is -1.84. The van der Waals surface area contributed by atoms with Gasteiger partial charge < -0.3 is 5.21 Å². The molecule has 5 nitrogen and oxygen atoms in total. The van der Waals surface area contributed by atoms with E-state index in [-0.39, 0.29) is 10.2 Å². The number of hydrogen-bond acceptors (Lipinski definition) is 5. The van der Waals surface area contributed by atoms with Crippen molar-refractivity contribution < 1.29 is 10.1 Å². The van der Waals surface area contributed by atoms with Crippen LogP contribution < -0.4 is 0 Å².